The SMILES string of the molecule is Fc1ccc(CNc2cccc3ncccc23)cc1F. The second-order valence-electron chi connectivity index (χ2n) is 4.48. The van der Waals surface area contributed by atoms with Gasteiger partial charge < -0.3 is 5.32 Å². The molecule has 0 amide bonds. The Morgan fingerprint density at radius 3 is 2.70 bits per heavy atom. The third kappa shape index (κ3) is 2.45. The van der Waals surface area contributed by atoms with Gasteiger partial charge in [0.1, 0.15) is 0 Å². The molecule has 20 heavy (non-hydrogen) atoms. The third-order valence-corrected chi connectivity index (χ3v) is 3.11. The van der Waals surface area contributed by atoms with Gasteiger partial charge in [-0.15, -0.1) is 0 Å². The summed E-state index contributed by atoms with van der Waals surface area (Å²) in [7, 11) is 0. The van der Waals surface area contributed by atoms with Crippen molar-refractivity contribution in [2.45, 2.75) is 6.54 Å². The van der Waals surface area contributed by atoms with E-state index in [1.54, 1.807) is 12.3 Å². The van der Waals surface area contributed by atoms with Gasteiger partial charge in [0, 0.05) is 23.8 Å². The summed E-state index contributed by atoms with van der Waals surface area (Å²) < 4.78 is 26.0. The van der Waals surface area contributed by atoms with Crippen LogP contribution in [0.5, 0.6) is 0 Å². The van der Waals surface area contributed by atoms with Gasteiger partial charge >= 0.3 is 0 Å². The first-order valence-electron chi connectivity index (χ1n) is 6.25. The average molecular weight is 270 g/mol. The Labute approximate surface area is 115 Å². The van der Waals surface area contributed by atoms with Gasteiger partial charge in [-0.05, 0) is 42.0 Å². The number of hydrogen-bond donors (Lipinski definition) is 1. The molecule has 1 aromatic heterocycles. The van der Waals surface area contributed by atoms with E-state index in [2.05, 4.69) is 10.3 Å². The molecule has 3 rings (SSSR count). The maximum atomic E-state index is 13.1. The van der Waals surface area contributed by atoms with Crippen LogP contribution >= 0.6 is 0 Å². The molecule has 0 spiro atoms. The number of anilines is 1. The van der Waals surface area contributed by atoms with Gasteiger partial charge in [-0.25, -0.2) is 8.78 Å². The van der Waals surface area contributed by atoms with Crippen molar-refractivity contribution in [3.63, 3.8) is 0 Å². The van der Waals surface area contributed by atoms with Gasteiger partial charge in [-0.3, -0.25) is 4.98 Å². The molecule has 0 aliphatic rings. The monoisotopic (exact) mass is 270 g/mol. The molecule has 100 valence electrons. The second kappa shape index (κ2) is 5.25. The summed E-state index contributed by atoms with van der Waals surface area (Å²) in [6.45, 7) is 0.422. The van der Waals surface area contributed by atoms with E-state index in [1.807, 2.05) is 30.3 Å². The quantitative estimate of drug-likeness (QED) is 0.774. The normalized spacial score (nSPS) is 10.7. The third-order valence-electron chi connectivity index (χ3n) is 3.11. The molecule has 0 saturated heterocycles. The molecule has 0 atom stereocenters. The van der Waals surface area contributed by atoms with E-state index in [9.17, 15) is 8.78 Å². The molecule has 3 aromatic rings. The molecular formula is C16H12F2N2. The van der Waals surface area contributed by atoms with Crippen LogP contribution < -0.4 is 5.32 Å². The Morgan fingerprint density at radius 2 is 1.85 bits per heavy atom. The van der Waals surface area contributed by atoms with Crippen molar-refractivity contribution in [3.05, 3.63) is 71.9 Å². The number of hydrogen-bond acceptors (Lipinski definition) is 2. The Bertz CT molecular complexity index is 751. The van der Waals surface area contributed by atoms with Crippen molar-refractivity contribution >= 4 is 16.6 Å². The highest BCUT2D eigenvalue weighted by atomic mass is 19.2. The minimum atomic E-state index is -0.830. The van der Waals surface area contributed by atoms with E-state index in [4.69, 9.17) is 0 Å². The number of aromatic nitrogens is 1. The van der Waals surface area contributed by atoms with Crippen molar-refractivity contribution in [2.24, 2.45) is 0 Å². The summed E-state index contributed by atoms with van der Waals surface area (Å²) in [5.41, 5.74) is 2.49. The molecule has 2 nitrogen and oxygen atoms in total. The lowest BCUT2D eigenvalue weighted by atomic mass is 10.1. The molecular weight excluding hydrogens is 258 g/mol. The Morgan fingerprint density at radius 1 is 0.950 bits per heavy atom. The van der Waals surface area contributed by atoms with Crippen LogP contribution in [0.4, 0.5) is 14.5 Å². The number of nitrogens with one attached hydrogen (secondary N) is 1. The van der Waals surface area contributed by atoms with E-state index in [1.165, 1.54) is 6.07 Å². The van der Waals surface area contributed by atoms with E-state index >= 15 is 0 Å². The van der Waals surface area contributed by atoms with Crippen LogP contribution in [0.3, 0.4) is 0 Å². The summed E-state index contributed by atoms with van der Waals surface area (Å²) in [6.07, 6.45) is 1.74. The lowest BCUT2D eigenvalue weighted by molar-refractivity contribution is 0.507. The van der Waals surface area contributed by atoms with Gasteiger partial charge in [0.2, 0.25) is 0 Å². The van der Waals surface area contributed by atoms with Crippen LogP contribution in [0.15, 0.2) is 54.7 Å². The zero-order chi connectivity index (χ0) is 13.9. The second-order valence-corrected chi connectivity index (χ2v) is 4.48. The summed E-state index contributed by atoms with van der Waals surface area (Å²) in [4.78, 5) is 4.27. The molecule has 0 saturated carbocycles. The van der Waals surface area contributed by atoms with E-state index in [0.717, 1.165) is 22.7 Å². The molecule has 1 heterocycles. The predicted molar refractivity (Wildman–Crippen MR) is 75.4 cm³/mol. The van der Waals surface area contributed by atoms with Crippen LogP contribution in [0, 0.1) is 11.6 Å². The van der Waals surface area contributed by atoms with E-state index in [-0.39, 0.29) is 0 Å². The van der Waals surface area contributed by atoms with E-state index in [0.29, 0.717) is 12.1 Å². The zero-order valence-corrected chi connectivity index (χ0v) is 10.6. The van der Waals surface area contributed by atoms with Gasteiger partial charge in [0.05, 0.1) is 5.52 Å². The predicted octanol–water partition coefficient (Wildman–Crippen LogP) is 4.13. The zero-order valence-electron chi connectivity index (χ0n) is 10.6. The van der Waals surface area contributed by atoms with Crippen LogP contribution in [-0.4, -0.2) is 4.98 Å². The molecule has 4 heteroatoms. The number of rotatable bonds is 3. The molecule has 0 aliphatic heterocycles. The first-order valence-corrected chi connectivity index (χ1v) is 6.25. The van der Waals surface area contributed by atoms with Crippen molar-refractivity contribution in [1.29, 1.82) is 0 Å². The highest BCUT2D eigenvalue weighted by Crippen LogP contribution is 2.22. The maximum Gasteiger partial charge on any atom is 0.159 e. The summed E-state index contributed by atoms with van der Waals surface area (Å²) >= 11 is 0. The summed E-state index contributed by atoms with van der Waals surface area (Å²) in [5.74, 6) is -1.66. The molecule has 0 fully saturated rings. The highest BCUT2D eigenvalue weighted by molar-refractivity contribution is 5.91. The van der Waals surface area contributed by atoms with Crippen LogP contribution in [-0.2, 0) is 6.54 Å². The number of fused-ring (bicyclic) bond motifs is 1. The first kappa shape index (κ1) is 12.5. The number of pyridine rings is 1. The fourth-order valence-electron chi connectivity index (χ4n) is 2.10. The van der Waals surface area contributed by atoms with Crippen LogP contribution in [0.2, 0.25) is 0 Å². The highest BCUT2D eigenvalue weighted by Gasteiger charge is 2.04. The van der Waals surface area contributed by atoms with Gasteiger partial charge in [-0.2, -0.15) is 0 Å². The standard InChI is InChI=1S/C16H12F2N2/c17-13-7-6-11(9-14(13)18)10-20-16-5-1-4-15-12(16)3-2-8-19-15/h1-9,20H,10H2. The van der Waals surface area contributed by atoms with Crippen molar-refractivity contribution in [2.75, 3.05) is 5.32 Å². The molecule has 0 radical (unpaired) electrons. The smallest absolute Gasteiger partial charge is 0.159 e. The fraction of sp³-hybridized carbons (Fsp3) is 0.0625. The molecule has 0 unspecified atom stereocenters. The fourth-order valence-corrected chi connectivity index (χ4v) is 2.10. The Kier molecular flexibility index (Phi) is 3.29. The minimum absolute atomic E-state index is 0.422. The largest absolute Gasteiger partial charge is 0.380 e. The average Bonchev–Trinajstić information content (AvgIpc) is 2.48. The lowest BCUT2D eigenvalue weighted by Crippen LogP contribution is -2.01. The minimum Gasteiger partial charge on any atom is -0.380 e. The topological polar surface area (TPSA) is 24.9 Å². The lowest BCUT2D eigenvalue weighted by Gasteiger charge is -2.09. The maximum absolute atomic E-state index is 13.1. The summed E-state index contributed by atoms with van der Waals surface area (Å²) in [5, 5.41) is 4.22. The molecule has 2 aromatic carbocycles. The molecule has 0 bridgehead atoms. The van der Waals surface area contributed by atoms with Crippen molar-refractivity contribution in [1.82, 2.24) is 4.98 Å². The summed E-state index contributed by atoms with van der Waals surface area (Å²) in [6, 6.07) is 13.5. The van der Waals surface area contributed by atoms with Crippen LogP contribution in [0.1, 0.15) is 5.56 Å². The first-order chi connectivity index (χ1) is 9.74. The Balaban J connectivity index is 1.85. The number of nitrogens with zero attached hydrogens (tertiary/aromatic N) is 1. The van der Waals surface area contributed by atoms with Gasteiger partial charge in [0.15, 0.2) is 11.6 Å². The Hall–Kier alpha value is -2.49. The molecule has 0 aliphatic carbocycles. The van der Waals surface area contributed by atoms with Crippen molar-refractivity contribution < 1.29 is 8.78 Å². The van der Waals surface area contributed by atoms with Crippen molar-refractivity contribution in [3.8, 4) is 0 Å². The van der Waals surface area contributed by atoms with Gasteiger partial charge in [0.25, 0.3) is 0 Å². The van der Waals surface area contributed by atoms with Gasteiger partial charge in [-0.1, -0.05) is 12.1 Å². The number of halogens is 2. The number of benzene rings is 2. The van der Waals surface area contributed by atoms with Crippen LogP contribution in [0.25, 0.3) is 10.9 Å². The van der Waals surface area contributed by atoms with E-state index < -0.39 is 11.6 Å². The molecule has 1 N–H and O–H groups in total.